The van der Waals surface area contributed by atoms with Gasteiger partial charge in [0, 0.05) is 0 Å². The normalized spacial score (nSPS) is 40.8. The van der Waals surface area contributed by atoms with Crippen LogP contribution in [0.5, 0.6) is 0 Å². The van der Waals surface area contributed by atoms with Crippen molar-refractivity contribution in [3.8, 4) is 0 Å². The van der Waals surface area contributed by atoms with Crippen molar-refractivity contribution in [2.24, 2.45) is 17.8 Å². The second-order valence-corrected chi connectivity index (χ2v) is 18.7. The lowest BCUT2D eigenvalue weighted by molar-refractivity contribution is -0.326. The average molecular weight is 823 g/mol. The van der Waals surface area contributed by atoms with Gasteiger partial charge in [-0.05, 0) is 126 Å². The van der Waals surface area contributed by atoms with Crippen molar-refractivity contribution in [1.82, 2.24) is 0 Å². The Balaban J connectivity index is 0.000000223. The Morgan fingerprint density at radius 2 is 0.877 bits per heavy atom. The van der Waals surface area contributed by atoms with Gasteiger partial charge in [-0.1, -0.05) is 0 Å². The average Bonchev–Trinajstić information content (AvgIpc) is 3.97. The van der Waals surface area contributed by atoms with E-state index in [9.17, 15) is 19.8 Å². The highest BCUT2D eigenvalue weighted by Gasteiger charge is 2.62. The van der Waals surface area contributed by atoms with Crippen LogP contribution in [-0.2, 0) is 47.5 Å². The van der Waals surface area contributed by atoms with Crippen molar-refractivity contribution in [3.63, 3.8) is 0 Å². The molecular formula is C41H74O16. The van der Waals surface area contributed by atoms with Crippen LogP contribution >= 0.6 is 0 Å². The van der Waals surface area contributed by atoms with Crippen molar-refractivity contribution in [2.75, 3.05) is 52.9 Å². The molecule has 7 saturated heterocycles. The second kappa shape index (κ2) is 19.6. The first-order valence-electron chi connectivity index (χ1n) is 20.4. The summed E-state index contributed by atoms with van der Waals surface area (Å²) in [5.74, 6) is -0.168. The van der Waals surface area contributed by atoms with Crippen LogP contribution in [0.4, 0.5) is 0 Å². The summed E-state index contributed by atoms with van der Waals surface area (Å²) in [7, 11) is 0. The Morgan fingerprint density at radius 1 is 0.561 bits per heavy atom. The van der Waals surface area contributed by atoms with Gasteiger partial charge in [0.2, 0.25) is 0 Å². The van der Waals surface area contributed by atoms with Crippen LogP contribution in [-0.4, -0.2) is 166 Å². The number of ether oxygens (including phenoxy) is 8. The molecular weight excluding hydrogens is 748 g/mol. The predicted octanol–water partition coefficient (Wildman–Crippen LogP) is 2.00. The van der Waals surface area contributed by atoms with Crippen LogP contribution in [0.3, 0.4) is 0 Å². The van der Waals surface area contributed by atoms with Crippen LogP contribution in [0.2, 0.25) is 0 Å². The summed E-state index contributed by atoms with van der Waals surface area (Å²) >= 11 is 0. The van der Waals surface area contributed by atoms with Crippen LogP contribution < -0.4 is 0 Å². The minimum atomic E-state index is -1.000. The number of fused-ring (bicyclic) bond motifs is 9. The number of carbonyl (C=O) groups is 2. The molecule has 10 aliphatic rings. The number of carbonyl (C=O) groups excluding carboxylic acids is 1. The quantitative estimate of drug-likeness (QED) is 0.177. The molecule has 0 radical (unpaired) electrons. The van der Waals surface area contributed by atoms with Crippen LogP contribution in [0, 0.1) is 17.8 Å². The van der Waals surface area contributed by atoms with E-state index in [0.717, 1.165) is 51.7 Å². The first kappa shape index (κ1) is 50.0. The lowest BCUT2D eigenvalue weighted by atomic mass is 9.65. The summed E-state index contributed by atoms with van der Waals surface area (Å²) in [6, 6.07) is 0. The molecule has 10 rings (SSSR count). The number of carboxylic acid groups (broad SMARTS) is 1. The van der Waals surface area contributed by atoms with E-state index in [1.165, 1.54) is 6.92 Å². The molecule has 0 aromatic carbocycles. The number of carboxylic acids is 1. The van der Waals surface area contributed by atoms with Crippen molar-refractivity contribution >= 4 is 11.8 Å². The maximum atomic E-state index is 11.1. The molecule has 7 heterocycles. The highest BCUT2D eigenvalue weighted by atomic mass is 16.6. The Labute approximate surface area is 338 Å². The van der Waals surface area contributed by atoms with E-state index in [2.05, 4.69) is 18.6 Å². The predicted molar refractivity (Wildman–Crippen MR) is 207 cm³/mol. The van der Waals surface area contributed by atoms with Crippen molar-refractivity contribution < 1.29 is 78.5 Å². The van der Waals surface area contributed by atoms with Gasteiger partial charge in [0.1, 0.15) is 30.0 Å². The molecule has 0 amide bonds. The largest absolute Gasteiger partial charge is 0.480 e. The second-order valence-electron chi connectivity index (χ2n) is 18.7. The van der Waals surface area contributed by atoms with Crippen LogP contribution in [0.25, 0.3) is 0 Å². The molecule has 6 bridgehead atoms. The van der Waals surface area contributed by atoms with Crippen LogP contribution in [0.15, 0.2) is 0 Å². The molecule has 57 heavy (non-hydrogen) atoms. The summed E-state index contributed by atoms with van der Waals surface area (Å²) in [6.45, 7) is 21.9. The van der Waals surface area contributed by atoms with Gasteiger partial charge in [0.05, 0.1) is 93.1 Å². The monoisotopic (exact) mass is 822 g/mol. The number of Topliss-reactive ketones (excluding diaryl/α,β-unsaturated/α-hetero) is 1. The highest BCUT2D eigenvalue weighted by molar-refractivity contribution is 5.76. The molecule has 3 aliphatic carbocycles. The number of hydrogen-bond donors (Lipinski definition) is 5. The van der Waals surface area contributed by atoms with E-state index in [4.69, 9.17) is 48.5 Å². The summed E-state index contributed by atoms with van der Waals surface area (Å²) in [5.41, 5.74) is -2.67. The van der Waals surface area contributed by atoms with E-state index in [1.807, 2.05) is 41.5 Å². The first-order valence-corrected chi connectivity index (χ1v) is 20.4. The number of hydrogen-bond acceptors (Lipinski definition) is 14. The zero-order valence-electron chi connectivity index (χ0n) is 35.9. The van der Waals surface area contributed by atoms with Gasteiger partial charge in [-0.25, -0.2) is 4.79 Å². The molecule has 0 spiro atoms. The van der Waals surface area contributed by atoms with E-state index in [1.54, 1.807) is 6.92 Å². The number of rotatable bonds is 12. The topological polar surface area (TPSA) is 244 Å². The molecule has 0 aromatic rings. The molecule has 0 aromatic heterocycles. The van der Waals surface area contributed by atoms with Gasteiger partial charge in [0.15, 0.2) is 5.78 Å². The van der Waals surface area contributed by atoms with Gasteiger partial charge in [0.25, 0.3) is 0 Å². The van der Waals surface area contributed by atoms with E-state index in [0.29, 0.717) is 19.1 Å². The van der Waals surface area contributed by atoms with Gasteiger partial charge in [-0.2, -0.15) is 0 Å². The fourth-order valence-electron chi connectivity index (χ4n) is 9.67. The van der Waals surface area contributed by atoms with E-state index < -0.39 is 35.0 Å². The van der Waals surface area contributed by atoms with Gasteiger partial charge in [-0.15, -0.1) is 0 Å². The molecule has 334 valence electrons. The summed E-state index contributed by atoms with van der Waals surface area (Å²) in [6.07, 6.45) is 3.16. The molecule has 8 atom stereocenters. The fourth-order valence-corrected chi connectivity index (χ4v) is 9.67. The lowest BCUT2D eigenvalue weighted by Gasteiger charge is -2.60. The molecule has 16 heteroatoms. The van der Waals surface area contributed by atoms with Gasteiger partial charge >= 0.3 is 5.97 Å². The third kappa shape index (κ3) is 11.7. The van der Waals surface area contributed by atoms with Gasteiger partial charge in [-0.3, -0.25) is 4.79 Å². The minimum absolute atomic E-state index is 0. The van der Waals surface area contributed by atoms with E-state index >= 15 is 0 Å². The Morgan fingerprint density at radius 3 is 1.18 bits per heavy atom. The number of aliphatic hydroxyl groups is 4. The Hall–Kier alpha value is -1.38. The molecule has 8 unspecified atom stereocenters. The minimum Gasteiger partial charge on any atom is -0.480 e. The van der Waals surface area contributed by atoms with E-state index in [-0.39, 0.29) is 90.7 Å². The fraction of sp³-hybridized carbons (Fsp3) is 0.951. The smallest absolute Gasteiger partial charge is 0.329 e. The molecule has 3 saturated carbocycles. The third-order valence-electron chi connectivity index (χ3n) is 13.2. The third-order valence-corrected chi connectivity index (χ3v) is 13.2. The zero-order valence-corrected chi connectivity index (χ0v) is 35.9. The molecule has 10 fully saturated rings. The number of aliphatic hydroxyl groups excluding tert-OH is 4. The number of aliphatic carboxylic acids is 1. The maximum Gasteiger partial charge on any atom is 0.329 e. The summed E-state index contributed by atoms with van der Waals surface area (Å²) in [4.78, 5) is 21.9. The first-order chi connectivity index (χ1) is 25.9. The Bertz CT molecular complexity index is 1240. The van der Waals surface area contributed by atoms with Crippen molar-refractivity contribution in [1.29, 1.82) is 0 Å². The Kier molecular flexibility index (Phi) is 17.1. The number of ketones is 1. The summed E-state index contributed by atoms with van der Waals surface area (Å²) in [5, 5.41) is 46.2. The molecule has 7 aliphatic heterocycles. The molecule has 7 N–H and O–H groups in total. The van der Waals surface area contributed by atoms with Crippen LogP contribution in [0.1, 0.15) is 108 Å². The standard InChI is InChI=1S/C15H24O6.C14H26O5.C10H18O3.C2H4O.H2O/c1-9(16)7-19-11-5-10-6-12(20-8-13(17)18)15(11,4)21-14(10,2)3;1-13(2)10-8-11(17-6-4-15)14(3,19-13)12(9-10)18-7-5-16;1-9(2)6-4-7(11)10(3,13-9)8(12)5-6;1-2-3-1;/h10-12H,5-8H2,1-4H3,(H,17,18);10-12,15-16H,4-9H2,1-3H3;6-8,11-12H,4-5H2,1-3H3;1-2H2;1H2. The maximum absolute atomic E-state index is 11.1. The summed E-state index contributed by atoms with van der Waals surface area (Å²) < 4.78 is 45.5. The van der Waals surface area contributed by atoms with Crippen molar-refractivity contribution in [2.45, 2.75) is 178 Å². The highest BCUT2D eigenvalue weighted by Crippen LogP contribution is 2.53. The molecule has 16 nitrogen and oxygen atoms in total. The van der Waals surface area contributed by atoms with Crippen molar-refractivity contribution in [3.05, 3.63) is 0 Å². The SMILES string of the molecule is C1CO1.CC(=O)COC1CC2CC(OCC(=O)O)C1(C)OC2(C)C.CC1(C)OC2(C)C(O)CC1CC2O.CC1(C)OC2(C)C(OCCO)CC1CC2OCCO.O. The number of epoxide rings is 1. The zero-order chi connectivity index (χ0) is 41.9. The lowest BCUT2D eigenvalue weighted by Crippen LogP contribution is -2.69. The van der Waals surface area contributed by atoms with Gasteiger partial charge < -0.3 is 68.9 Å².